The minimum atomic E-state index is -0.917. The van der Waals surface area contributed by atoms with Gasteiger partial charge >= 0.3 is 0 Å². The van der Waals surface area contributed by atoms with Crippen molar-refractivity contribution in [3.8, 4) is 0 Å². The van der Waals surface area contributed by atoms with E-state index in [2.05, 4.69) is 4.90 Å². The second-order valence-corrected chi connectivity index (χ2v) is 4.35. The topological polar surface area (TPSA) is 49.2 Å². The molecule has 0 aromatic carbocycles. The van der Waals surface area contributed by atoms with Crippen molar-refractivity contribution in [1.82, 2.24) is 14.7 Å². The van der Waals surface area contributed by atoms with Crippen LogP contribution in [0.1, 0.15) is 0 Å². The van der Waals surface area contributed by atoms with Gasteiger partial charge in [-0.3, -0.25) is 14.7 Å². The van der Waals surface area contributed by atoms with Crippen LogP contribution >= 0.6 is 0 Å². The van der Waals surface area contributed by atoms with E-state index in [0.29, 0.717) is 6.54 Å². The molecule has 0 radical (unpaired) electrons. The van der Waals surface area contributed by atoms with E-state index in [1.165, 1.54) is 0 Å². The summed E-state index contributed by atoms with van der Waals surface area (Å²) in [4.78, 5) is 17.5. The van der Waals surface area contributed by atoms with Crippen molar-refractivity contribution >= 4 is 5.97 Å². The first-order valence-corrected chi connectivity index (χ1v) is 5.17. The highest BCUT2D eigenvalue weighted by atomic mass is 16.4. The van der Waals surface area contributed by atoms with E-state index < -0.39 is 11.6 Å². The van der Waals surface area contributed by atoms with Gasteiger partial charge in [0, 0.05) is 45.8 Å². The fourth-order valence-corrected chi connectivity index (χ4v) is 2.10. The first-order chi connectivity index (χ1) is 6.73. The lowest BCUT2D eigenvalue weighted by molar-refractivity contribution is -0.322. The summed E-state index contributed by atoms with van der Waals surface area (Å²) in [5, 5.41) is 11.3. The van der Waals surface area contributed by atoms with E-state index in [1.54, 1.807) is 0 Å². The normalized spacial score (nSPS) is 27.7. The molecule has 14 heavy (non-hydrogen) atoms. The zero-order valence-corrected chi connectivity index (χ0v) is 8.11. The molecule has 3 fully saturated rings. The van der Waals surface area contributed by atoms with Gasteiger partial charge < -0.3 is 9.90 Å². The zero-order valence-electron chi connectivity index (χ0n) is 8.11. The summed E-state index contributed by atoms with van der Waals surface area (Å²) >= 11 is 0. The van der Waals surface area contributed by atoms with Crippen molar-refractivity contribution in [1.29, 1.82) is 0 Å². The largest absolute Gasteiger partial charge is 0.547 e. The Bertz CT molecular complexity index is 257. The number of carbonyl (C=O) groups is 1. The number of rotatable bonds is 5. The van der Waals surface area contributed by atoms with Crippen LogP contribution < -0.4 is 5.11 Å². The van der Waals surface area contributed by atoms with Gasteiger partial charge in [-0.15, -0.1) is 0 Å². The molecule has 0 aromatic heterocycles. The number of carbonyl (C=O) groups excluding carboxylic acids is 1. The van der Waals surface area contributed by atoms with Crippen LogP contribution in [-0.2, 0) is 4.79 Å². The Hall–Kier alpha value is -0.650. The number of hydrogen-bond donors (Lipinski definition) is 0. The van der Waals surface area contributed by atoms with Crippen molar-refractivity contribution in [2.24, 2.45) is 0 Å². The Morgan fingerprint density at radius 2 is 1.57 bits per heavy atom. The highest BCUT2D eigenvalue weighted by Crippen LogP contribution is 2.33. The number of hydrogen-bond acceptors (Lipinski definition) is 5. The average molecular weight is 196 g/mol. The van der Waals surface area contributed by atoms with Crippen LogP contribution in [0.4, 0.5) is 0 Å². The second kappa shape index (κ2) is 2.68. The van der Waals surface area contributed by atoms with Crippen LogP contribution in [0, 0.1) is 0 Å². The van der Waals surface area contributed by atoms with E-state index in [9.17, 15) is 9.90 Å². The molecule has 0 amide bonds. The van der Waals surface area contributed by atoms with Gasteiger partial charge in [0.05, 0.1) is 5.97 Å². The standard InChI is InChI=1S/C9H15N3O2/c13-8(14)9(11-3-4-11,12-5-6-12)7-10-1-2-10/h1-7H2,(H,13,14)/p-1. The molecule has 0 unspecified atom stereocenters. The van der Waals surface area contributed by atoms with Gasteiger partial charge in [0.2, 0.25) is 0 Å². The van der Waals surface area contributed by atoms with Crippen molar-refractivity contribution in [2.75, 3.05) is 45.8 Å². The predicted octanol–water partition coefficient (Wildman–Crippen LogP) is -2.62. The molecule has 5 heteroatoms. The summed E-state index contributed by atoms with van der Waals surface area (Å²) in [6, 6.07) is 0. The highest BCUT2D eigenvalue weighted by molar-refractivity contribution is 5.77. The highest BCUT2D eigenvalue weighted by Gasteiger charge is 2.54. The minimum Gasteiger partial charge on any atom is -0.547 e. The summed E-state index contributed by atoms with van der Waals surface area (Å²) in [5.74, 6) is -0.917. The molecule has 0 spiro atoms. The first-order valence-electron chi connectivity index (χ1n) is 5.17. The summed E-state index contributed by atoms with van der Waals surface area (Å²) in [6.07, 6.45) is 0. The minimum absolute atomic E-state index is 0.620. The number of aliphatic carboxylic acids is 1. The zero-order chi connectivity index (χ0) is 9.76. The average Bonchev–Trinajstić information content (AvgIpc) is 2.99. The fraction of sp³-hybridized carbons (Fsp3) is 0.889. The molecule has 3 aliphatic rings. The molecule has 0 atom stereocenters. The van der Waals surface area contributed by atoms with Crippen molar-refractivity contribution in [3.63, 3.8) is 0 Å². The predicted molar refractivity (Wildman–Crippen MR) is 47.3 cm³/mol. The fourth-order valence-electron chi connectivity index (χ4n) is 2.10. The maximum atomic E-state index is 11.3. The SMILES string of the molecule is O=C([O-])C(CN1CC1)(N1CC1)N1CC1. The van der Waals surface area contributed by atoms with Crippen LogP contribution in [-0.4, -0.2) is 72.1 Å². The Labute approximate surface area is 82.9 Å². The maximum absolute atomic E-state index is 11.3. The van der Waals surface area contributed by atoms with Crippen molar-refractivity contribution in [2.45, 2.75) is 5.66 Å². The number of carboxylic acid groups (broad SMARTS) is 1. The van der Waals surface area contributed by atoms with Crippen LogP contribution in [0.5, 0.6) is 0 Å². The maximum Gasteiger partial charge on any atom is 0.128 e. The van der Waals surface area contributed by atoms with Gasteiger partial charge in [0.25, 0.3) is 0 Å². The molecule has 0 bridgehead atoms. The molecule has 3 saturated heterocycles. The third-order valence-electron chi connectivity index (χ3n) is 3.25. The summed E-state index contributed by atoms with van der Waals surface area (Å²) in [7, 11) is 0. The summed E-state index contributed by atoms with van der Waals surface area (Å²) < 4.78 is 0. The lowest BCUT2D eigenvalue weighted by Gasteiger charge is -2.38. The summed E-state index contributed by atoms with van der Waals surface area (Å²) in [6.45, 7) is 6.30. The van der Waals surface area contributed by atoms with E-state index in [0.717, 1.165) is 39.3 Å². The second-order valence-electron chi connectivity index (χ2n) is 4.35. The Morgan fingerprint density at radius 1 is 1.07 bits per heavy atom. The van der Waals surface area contributed by atoms with Gasteiger partial charge in [-0.05, 0) is 0 Å². The lowest BCUT2D eigenvalue weighted by Crippen LogP contribution is -2.63. The Morgan fingerprint density at radius 3 is 1.86 bits per heavy atom. The van der Waals surface area contributed by atoms with Gasteiger partial charge in [-0.1, -0.05) is 0 Å². The molecule has 0 saturated carbocycles. The van der Waals surface area contributed by atoms with E-state index in [-0.39, 0.29) is 0 Å². The molecule has 3 aliphatic heterocycles. The van der Waals surface area contributed by atoms with Gasteiger partial charge in [-0.25, -0.2) is 0 Å². The monoisotopic (exact) mass is 196 g/mol. The molecule has 0 aliphatic carbocycles. The van der Waals surface area contributed by atoms with Crippen LogP contribution in [0.2, 0.25) is 0 Å². The first kappa shape index (κ1) is 8.64. The Kier molecular flexibility index (Phi) is 1.66. The number of carboxylic acids is 1. The van der Waals surface area contributed by atoms with E-state index in [1.807, 2.05) is 9.80 Å². The van der Waals surface area contributed by atoms with Crippen molar-refractivity contribution in [3.05, 3.63) is 0 Å². The lowest BCUT2D eigenvalue weighted by atomic mass is 10.1. The summed E-state index contributed by atoms with van der Waals surface area (Å²) in [5.41, 5.74) is -0.795. The van der Waals surface area contributed by atoms with E-state index in [4.69, 9.17) is 0 Å². The molecule has 5 nitrogen and oxygen atoms in total. The van der Waals surface area contributed by atoms with Gasteiger partial charge in [0.1, 0.15) is 5.66 Å². The molecule has 3 heterocycles. The van der Waals surface area contributed by atoms with Gasteiger partial charge in [0.15, 0.2) is 0 Å². The number of nitrogens with zero attached hydrogens (tertiary/aromatic N) is 3. The Balaban J connectivity index is 1.83. The molecule has 78 valence electrons. The third kappa shape index (κ3) is 1.24. The molecule has 0 N–H and O–H groups in total. The third-order valence-corrected chi connectivity index (χ3v) is 3.25. The quantitative estimate of drug-likeness (QED) is 0.451. The van der Waals surface area contributed by atoms with Crippen molar-refractivity contribution < 1.29 is 9.90 Å². The molecule has 0 aromatic rings. The molecular formula is C9H14N3O2-. The molecular weight excluding hydrogens is 182 g/mol. The van der Waals surface area contributed by atoms with E-state index >= 15 is 0 Å². The van der Waals surface area contributed by atoms with Crippen LogP contribution in [0.25, 0.3) is 0 Å². The van der Waals surface area contributed by atoms with Crippen LogP contribution in [0.3, 0.4) is 0 Å². The van der Waals surface area contributed by atoms with Gasteiger partial charge in [-0.2, -0.15) is 0 Å². The molecule has 3 rings (SSSR count). The smallest absolute Gasteiger partial charge is 0.128 e. The van der Waals surface area contributed by atoms with Crippen LogP contribution in [0.15, 0.2) is 0 Å².